The summed E-state index contributed by atoms with van der Waals surface area (Å²) in [6, 6.07) is 13.5. The number of benzene rings is 2. The van der Waals surface area contributed by atoms with E-state index in [1.165, 1.54) is 31.2 Å². The van der Waals surface area contributed by atoms with Gasteiger partial charge in [0.15, 0.2) is 5.78 Å². The number of anilines is 1. The maximum atomic E-state index is 12.2. The van der Waals surface area contributed by atoms with Crippen LogP contribution in [0.5, 0.6) is 0 Å². The van der Waals surface area contributed by atoms with Crippen LogP contribution in [0.3, 0.4) is 0 Å². The molecule has 25 heavy (non-hydrogen) atoms. The van der Waals surface area contributed by atoms with Gasteiger partial charge in [-0.25, -0.2) is 8.42 Å². The molecule has 0 aliphatic carbocycles. The van der Waals surface area contributed by atoms with Crippen molar-refractivity contribution in [2.75, 3.05) is 25.5 Å². The summed E-state index contributed by atoms with van der Waals surface area (Å²) < 4.78 is 26.9. The zero-order valence-corrected chi connectivity index (χ0v) is 15.2. The highest BCUT2D eigenvalue weighted by Gasteiger charge is 2.13. The number of nitrogens with one attached hydrogen (secondary N) is 1. The summed E-state index contributed by atoms with van der Waals surface area (Å²) in [5.74, 6) is 5.70. The zero-order valence-electron chi connectivity index (χ0n) is 14.4. The third-order valence-corrected chi connectivity index (χ3v) is 4.95. The highest BCUT2D eigenvalue weighted by molar-refractivity contribution is 7.89. The van der Waals surface area contributed by atoms with E-state index >= 15 is 0 Å². The molecule has 0 atom stereocenters. The molecule has 5 nitrogen and oxygen atoms in total. The molecule has 0 saturated heterocycles. The van der Waals surface area contributed by atoms with E-state index < -0.39 is 10.0 Å². The largest absolute Gasteiger partial charge is 0.377 e. The number of carbonyl (C=O) groups is 1. The van der Waals surface area contributed by atoms with Crippen LogP contribution < -0.4 is 9.62 Å². The van der Waals surface area contributed by atoms with Crippen LogP contribution in [0.4, 0.5) is 5.69 Å². The molecule has 0 heterocycles. The molecule has 0 aliphatic heterocycles. The monoisotopic (exact) mass is 356 g/mol. The summed E-state index contributed by atoms with van der Waals surface area (Å²) in [6.07, 6.45) is 0. The predicted octanol–water partition coefficient (Wildman–Crippen LogP) is 2.29. The lowest BCUT2D eigenvalue weighted by atomic mass is 10.1. The summed E-state index contributed by atoms with van der Waals surface area (Å²) in [5.41, 5.74) is 2.27. The second-order valence-corrected chi connectivity index (χ2v) is 7.39. The van der Waals surface area contributed by atoms with Crippen molar-refractivity contribution < 1.29 is 13.2 Å². The summed E-state index contributed by atoms with van der Waals surface area (Å²) >= 11 is 0. The molecule has 0 unspecified atom stereocenters. The van der Waals surface area contributed by atoms with Gasteiger partial charge in [-0.15, -0.1) is 0 Å². The fourth-order valence-electron chi connectivity index (χ4n) is 2.19. The van der Waals surface area contributed by atoms with E-state index in [9.17, 15) is 13.2 Å². The molecule has 0 amide bonds. The summed E-state index contributed by atoms with van der Waals surface area (Å²) in [4.78, 5) is 13.3. The quantitative estimate of drug-likeness (QED) is 0.659. The fraction of sp³-hybridized carbons (Fsp3) is 0.211. The average molecular weight is 356 g/mol. The number of sulfonamides is 1. The molecule has 0 fully saturated rings. The van der Waals surface area contributed by atoms with Gasteiger partial charge in [0.05, 0.1) is 17.1 Å². The molecular weight excluding hydrogens is 336 g/mol. The van der Waals surface area contributed by atoms with Crippen LogP contribution in [0.1, 0.15) is 22.8 Å². The molecular formula is C19H20N2O3S. The van der Waals surface area contributed by atoms with E-state index in [1.807, 2.05) is 43.3 Å². The smallest absolute Gasteiger partial charge is 0.241 e. The molecule has 2 aromatic carbocycles. The number of hydrogen-bond acceptors (Lipinski definition) is 4. The third-order valence-electron chi connectivity index (χ3n) is 3.53. The van der Waals surface area contributed by atoms with Crippen molar-refractivity contribution in [3.63, 3.8) is 0 Å². The zero-order chi connectivity index (χ0) is 18.4. The first-order chi connectivity index (χ1) is 11.8. The number of ketones is 1. The maximum absolute atomic E-state index is 12.2. The molecule has 2 aromatic rings. The van der Waals surface area contributed by atoms with E-state index in [1.54, 1.807) is 0 Å². The van der Waals surface area contributed by atoms with Gasteiger partial charge in [-0.2, -0.15) is 4.72 Å². The minimum absolute atomic E-state index is 0.00143. The molecule has 0 aromatic heterocycles. The summed E-state index contributed by atoms with van der Waals surface area (Å²) in [5, 5.41) is 0. The number of Topliss-reactive ketones (excluding diaryl/α,β-unsaturated/α-hetero) is 1. The van der Waals surface area contributed by atoms with E-state index in [-0.39, 0.29) is 17.2 Å². The van der Waals surface area contributed by atoms with Gasteiger partial charge in [-0.05, 0) is 31.2 Å². The van der Waals surface area contributed by atoms with Crippen molar-refractivity contribution in [1.82, 2.24) is 4.72 Å². The van der Waals surface area contributed by atoms with Gasteiger partial charge in [0, 0.05) is 25.2 Å². The van der Waals surface area contributed by atoms with Crippen LogP contribution in [0.25, 0.3) is 0 Å². The van der Waals surface area contributed by atoms with Gasteiger partial charge in [-0.1, -0.05) is 36.1 Å². The first kappa shape index (κ1) is 18.7. The summed E-state index contributed by atoms with van der Waals surface area (Å²) in [7, 11) is 0.191. The Morgan fingerprint density at radius 3 is 2.32 bits per heavy atom. The highest BCUT2D eigenvalue weighted by Crippen LogP contribution is 2.16. The fourth-order valence-corrected chi connectivity index (χ4v) is 3.12. The first-order valence-corrected chi connectivity index (χ1v) is 9.15. The minimum atomic E-state index is -3.66. The predicted molar refractivity (Wildman–Crippen MR) is 99.3 cm³/mol. The Morgan fingerprint density at radius 2 is 1.72 bits per heavy atom. The second kappa shape index (κ2) is 7.97. The van der Waals surface area contributed by atoms with Crippen molar-refractivity contribution in [2.24, 2.45) is 0 Å². The van der Waals surface area contributed by atoms with Crippen molar-refractivity contribution in [3.8, 4) is 11.8 Å². The first-order valence-electron chi connectivity index (χ1n) is 7.67. The Morgan fingerprint density at radius 1 is 1.08 bits per heavy atom. The van der Waals surface area contributed by atoms with Gasteiger partial charge < -0.3 is 4.90 Å². The lowest BCUT2D eigenvalue weighted by molar-refractivity contribution is 0.101. The Bertz CT molecular complexity index is 921. The Balaban J connectivity index is 2.08. The number of hydrogen-bond donors (Lipinski definition) is 1. The third kappa shape index (κ3) is 4.92. The lowest BCUT2D eigenvalue weighted by Gasteiger charge is -2.13. The van der Waals surface area contributed by atoms with Crippen molar-refractivity contribution in [3.05, 3.63) is 59.7 Å². The SMILES string of the molecule is CC(=O)c1ccc(S(=O)(=O)NCC#Cc2ccccc2N(C)C)cc1. The van der Waals surface area contributed by atoms with Crippen LogP contribution in [0.2, 0.25) is 0 Å². The second-order valence-electron chi connectivity index (χ2n) is 5.62. The van der Waals surface area contributed by atoms with Crippen molar-refractivity contribution in [2.45, 2.75) is 11.8 Å². The Labute approximate surface area is 148 Å². The molecule has 0 aliphatic rings. The van der Waals surface area contributed by atoms with Gasteiger partial charge >= 0.3 is 0 Å². The van der Waals surface area contributed by atoms with Crippen LogP contribution in [0.15, 0.2) is 53.4 Å². The number of carbonyl (C=O) groups excluding carboxylic acids is 1. The van der Waals surface area contributed by atoms with Gasteiger partial charge in [-0.3, -0.25) is 4.79 Å². The topological polar surface area (TPSA) is 66.5 Å². The highest BCUT2D eigenvalue weighted by atomic mass is 32.2. The Hall–Kier alpha value is -2.62. The number of para-hydroxylation sites is 1. The normalized spacial score (nSPS) is 10.7. The van der Waals surface area contributed by atoms with E-state index in [2.05, 4.69) is 16.6 Å². The van der Waals surface area contributed by atoms with E-state index in [4.69, 9.17) is 0 Å². The van der Waals surface area contributed by atoms with Gasteiger partial charge in [0.2, 0.25) is 10.0 Å². The lowest BCUT2D eigenvalue weighted by Crippen LogP contribution is -2.24. The molecule has 130 valence electrons. The molecule has 0 radical (unpaired) electrons. The van der Waals surface area contributed by atoms with Crippen molar-refractivity contribution in [1.29, 1.82) is 0 Å². The molecule has 2 rings (SSSR count). The number of nitrogens with zero attached hydrogens (tertiary/aromatic N) is 1. The van der Waals surface area contributed by atoms with E-state index in [0.29, 0.717) is 5.56 Å². The van der Waals surface area contributed by atoms with E-state index in [0.717, 1.165) is 11.3 Å². The standard InChI is InChI=1S/C19H20N2O3S/c1-15(22)16-10-12-18(13-11-16)25(23,24)20-14-6-8-17-7-4-5-9-19(17)21(2)3/h4-5,7,9-13,20H,14H2,1-3H3. The molecule has 0 spiro atoms. The van der Waals surface area contributed by atoms with Crippen molar-refractivity contribution >= 4 is 21.5 Å². The molecule has 6 heteroatoms. The molecule has 0 saturated carbocycles. The van der Waals surface area contributed by atoms with Crippen LogP contribution in [0, 0.1) is 11.8 Å². The molecule has 1 N–H and O–H groups in total. The van der Waals surface area contributed by atoms with Crippen LogP contribution >= 0.6 is 0 Å². The summed E-state index contributed by atoms with van der Waals surface area (Å²) in [6.45, 7) is 1.43. The van der Waals surface area contributed by atoms with Gasteiger partial charge in [0.1, 0.15) is 0 Å². The Kier molecular flexibility index (Phi) is 5.97. The van der Waals surface area contributed by atoms with Crippen LogP contribution in [-0.4, -0.2) is 34.8 Å². The minimum Gasteiger partial charge on any atom is -0.377 e. The number of rotatable bonds is 5. The maximum Gasteiger partial charge on any atom is 0.241 e. The van der Waals surface area contributed by atoms with Crippen LogP contribution in [-0.2, 0) is 10.0 Å². The average Bonchev–Trinajstić information content (AvgIpc) is 2.59. The molecule has 0 bridgehead atoms. The van der Waals surface area contributed by atoms with Gasteiger partial charge in [0.25, 0.3) is 0 Å².